The van der Waals surface area contributed by atoms with Gasteiger partial charge in [-0.2, -0.15) is 8.78 Å². The highest BCUT2D eigenvalue weighted by Gasteiger charge is 2.18. The minimum Gasteiger partial charge on any atom is -0.497 e. The largest absolute Gasteiger partial charge is 0.497 e. The lowest BCUT2D eigenvalue weighted by Gasteiger charge is -2.26. The van der Waals surface area contributed by atoms with E-state index in [1.807, 2.05) is 0 Å². The summed E-state index contributed by atoms with van der Waals surface area (Å²) >= 11 is 0. The predicted octanol–water partition coefficient (Wildman–Crippen LogP) is 4.95. The number of hydrogen-bond acceptors (Lipinski definition) is 2. The van der Waals surface area contributed by atoms with Gasteiger partial charge in [-0.3, -0.25) is 0 Å². The van der Waals surface area contributed by atoms with Crippen LogP contribution in [0.1, 0.15) is 5.56 Å². The number of benzene rings is 2. The van der Waals surface area contributed by atoms with Gasteiger partial charge in [-0.25, -0.2) is 0 Å². The second-order valence-corrected chi connectivity index (χ2v) is 4.57. The van der Waals surface area contributed by atoms with Crippen LogP contribution in [0.25, 0.3) is 5.70 Å². The standard InChI is InChI=1S/C18H17F2NO/c1-3-13-21(15-9-11-16(22-2)12-10-15)17(18(19)20)14-7-5-4-6-8-14/h3-12H,1,13H2,2H3. The van der Waals surface area contributed by atoms with Crippen LogP contribution in [0.2, 0.25) is 0 Å². The number of anilines is 1. The number of methoxy groups -OCH3 is 1. The Morgan fingerprint density at radius 1 is 1.09 bits per heavy atom. The second kappa shape index (κ2) is 7.41. The van der Waals surface area contributed by atoms with E-state index < -0.39 is 6.08 Å². The van der Waals surface area contributed by atoms with Gasteiger partial charge in [0.2, 0.25) is 0 Å². The molecule has 2 aromatic rings. The Balaban J connectivity index is 2.48. The van der Waals surface area contributed by atoms with E-state index in [1.165, 1.54) is 4.90 Å². The minimum atomic E-state index is -1.73. The first-order valence-corrected chi connectivity index (χ1v) is 6.80. The maximum Gasteiger partial charge on any atom is 0.294 e. The first kappa shape index (κ1) is 15.8. The lowest BCUT2D eigenvalue weighted by Crippen LogP contribution is -2.22. The van der Waals surface area contributed by atoms with Crippen molar-refractivity contribution in [1.29, 1.82) is 0 Å². The van der Waals surface area contributed by atoms with E-state index in [0.717, 1.165) is 0 Å². The minimum absolute atomic E-state index is 0.120. The van der Waals surface area contributed by atoms with Gasteiger partial charge in [0.1, 0.15) is 11.4 Å². The average Bonchev–Trinajstić information content (AvgIpc) is 2.55. The summed E-state index contributed by atoms with van der Waals surface area (Å²) in [6.45, 7) is 3.93. The van der Waals surface area contributed by atoms with Crippen LogP contribution in [-0.2, 0) is 0 Å². The molecule has 0 aliphatic heterocycles. The van der Waals surface area contributed by atoms with Crippen LogP contribution in [-0.4, -0.2) is 13.7 Å². The third-order valence-electron chi connectivity index (χ3n) is 3.19. The molecule has 0 saturated heterocycles. The van der Waals surface area contributed by atoms with Crippen molar-refractivity contribution >= 4 is 11.4 Å². The summed E-state index contributed by atoms with van der Waals surface area (Å²) in [5.74, 6) is 0.674. The molecule has 4 heteroatoms. The van der Waals surface area contributed by atoms with Crippen LogP contribution in [0.5, 0.6) is 5.75 Å². The zero-order valence-electron chi connectivity index (χ0n) is 12.3. The van der Waals surface area contributed by atoms with E-state index in [0.29, 0.717) is 17.0 Å². The van der Waals surface area contributed by atoms with Crippen LogP contribution < -0.4 is 9.64 Å². The van der Waals surface area contributed by atoms with Gasteiger partial charge >= 0.3 is 0 Å². The molecule has 0 bridgehead atoms. The number of rotatable bonds is 6. The molecular formula is C18H17F2NO. The van der Waals surface area contributed by atoms with E-state index in [9.17, 15) is 8.78 Å². The summed E-state index contributed by atoms with van der Waals surface area (Å²) in [5, 5.41) is 0. The highest BCUT2D eigenvalue weighted by atomic mass is 19.3. The van der Waals surface area contributed by atoms with Crippen molar-refractivity contribution in [3.63, 3.8) is 0 Å². The molecule has 2 aromatic carbocycles. The highest BCUT2D eigenvalue weighted by molar-refractivity contribution is 5.80. The summed E-state index contributed by atoms with van der Waals surface area (Å²) in [4.78, 5) is 1.52. The van der Waals surface area contributed by atoms with Gasteiger partial charge in [0, 0.05) is 17.8 Å². The third-order valence-corrected chi connectivity index (χ3v) is 3.19. The number of ether oxygens (including phenoxy) is 1. The molecule has 0 heterocycles. The molecular weight excluding hydrogens is 284 g/mol. The Hall–Kier alpha value is -2.62. The van der Waals surface area contributed by atoms with E-state index in [4.69, 9.17) is 4.74 Å². The van der Waals surface area contributed by atoms with Crippen LogP contribution in [0.15, 0.2) is 73.3 Å². The van der Waals surface area contributed by atoms with Crippen molar-refractivity contribution in [3.8, 4) is 5.75 Å². The molecule has 0 fully saturated rings. The summed E-state index contributed by atoms with van der Waals surface area (Å²) in [6.07, 6.45) is -0.139. The van der Waals surface area contributed by atoms with E-state index in [-0.39, 0.29) is 12.2 Å². The average molecular weight is 301 g/mol. The van der Waals surface area contributed by atoms with Gasteiger partial charge in [0.05, 0.1) is 7.11 Å². The zero-order valence-corrected chi connectivity index (χ0v) is 12.3. The molecule has 0 N–H and O–H groups in total. The topological polar surface area (TPSA) is 12.5 Å². The lowest BCUT2D eigenvalue weighted by molar-refractivity contribution is 0.415. The van der Waals surface area contributed by atoms with Crippen molar-refractivity contribution in [2.45, 2.75) is 0 Å². The molecule has 0 atom stereocenters. The van der Waals surface area contributed by atoms with E-state index >= 15 is 0 Å². The fourth-order valence-corrected chi connectivity index (χ4v) is 2.18. The molecule has 0 aliphatic carbocycles. The van der Waals surface area contributed by atoms with E-state index in [1.54, 1.807) is 67.8 Å². The Bertz CT molecular complexity index is 647. The zero-order chi connectivity index (χ0) is 15.9. The maximum absolute atomic E-state index is 13.6. The van der Waals surface area contributed by atoms with Crippen LogP contribution in [0.4, 0.5) is 14.5 Å². The highest BCUT2D eigenvalue weighted by Crippen LogP contribution is 2.31. The second-order valence-electron chi connectivity index (χ2n) is 4.57. The van der Waals surface area contributed by atoms with Crippen molar-refractivity contribution < 1.29 is 13.5 Å². The van der Waals surface area contributed by atoms with Crippen molar-refractivity contribution in [2.75, 3.05) is 18.6 Å². The third kappa shape index (κ3) is 3.52. The summed E-state index contributed by atoms with van der Waals surface area (Å²) in [5.41, 5.74) is 0.984. The molecule has 0 aliphatic rings. The predicted molar refractivity (Wildman–Crippen MR) is 86.1 cm³/mol. The van der Waals surface area contributed by atoms with E-state index in [2.05, 4.69) is 6.58 Å². The molecule has 0 spiro atoms. The fourth-order valence-electron chi connectivity index (χ4n) is 2.18. The quantitative estimate of drug-likeness (QED) is 0.700. The first-order chi connectivity index (χ1) is 10.7. The van der Waals surface area contributed by atoms with Gasteiger partial charge in [0.15, 0.2) is 0 Å². The number of hydrogen-bond donors (Lipinski definition) is 0. The van der Waals surface area contributed by atoms with Crippen LogP contribution in [0, 0.1) is 0 Å². The Kier molecular flexibility index (Phi) is 5.31. The molecule has 0 radical (unpaired) electrons. The van der Waals surface area contributed by atoms with Gasteiger partial charge in [0.25, 0.3) is 6.08 Å². The van der Waals surface area contributed by atoms with Gasteiger partial charge < -0.3 is 9.64 Å². The Morgan fingerprint density at radius 2 is 1.73 bits per heavy atom. The monoisotopic (exact) mass is 301 g/mol. The molecule has 0 saturated carbocycles. The van der Waals surface area contributed by atoms with Gasteiger partial charge in [-0.1, -0.05) is 36.4 Å². The number of halogens is 2. The SMILES string of the molecule is C=CCN(C(=C(F)F)c1ccccc1)c1ccc(OC)cc1. The molecule has 2 rings (SSSR count). The van der Waals surface area contributed by atoms with Crippen LogP contribution >= 0.6 is 0 Å². The smallest absolute Gasteiger partial charge is 0.294 e. The maximum atomic E-state index is 13.6. The lowest BCUT2D eigenvalue weighted by atomic mass is 10.1. The molecule has 0 aromatic heterocycles. The van der Waals surface area contributed by atoms with Crippen molar-refractivity contribution in [3.05, 3.63) is 78.9 Å². The molecule has 0 unspecified atom stereocenters. The summed E-state index contributed by atoms with van der Waals surface area (Å²) in [6, 6.07) is 15.6. The molecule has 2 nitrogen and oxygen atoms in total. The Labute approximate surface area is 129 Å². The van der Waals surface area contributed by atoms with Gasteiger partial charge in [-0.15, -0.1) is 6.58 Å². The summed E-state index contributed by atoms with van der Waals surface area (Å²) in [7, 11) is 1.56. The first-order valence-electron chi connectivity index (χ1n) is 6.80. The normalized spacial score (nSPS) is 9.95. The number of nitrogens with zero attached hydrogens (tertiary/aromatic N) is 1. The molecule has 0 amide bonds. The van der Waals surface area contributed by atoms with Crippen molar-refractivity contribution in [2.24, 2.45) is 0 Å². The van der Waals surface area contributed by atoms with Gasteiger partial charge in [-0.05, 0) is 24.3 Å². The van der Waals surface area contributed by atoms with Crippen LogP contribution in [0.3, 0.4) is 0 Å². The Morgan fingerprint density at radius 3 is 2.23 bits per heavy atom. The van der Waals surface area contributed by atoms with Crippen molar-refractivity contribution in [1.82, 2.24) is 0 Å². The molecule has 114 valence electrons. The molecule has 22 heavy (non-hydrogen) atoms. The summed E-state index contributed by atoms with van der Waals surface area (Å²) < 4.78 is 32.2. The fraction of sp³-hybridized carbons (Fsp3) is 0.111.